The van der Waals surface area contributed by atoms with Crippen molar-refractivity contribution in [1.29, 1.82) is 0 Å². The summed E-state index contributed by atoms with van der Waals surface area (Å²) in [6, 6.07) is 0. The number of phosphoric ester groups is 2. The van der Waals surface area contributed by atoms with Crippen molar-refractivity contribution in [2.45, 2.75) is 316 Å². The highest BCUT2D eigenvalue weighted by molar-refractivity contribution is 7.47. The van der Waals surface area contributed by atoms with Gasteiger partial charge in [-0.2, -0.15) is 0 Å². The Kier molecular flexibility index (Phi) is 70.5. The molecular weight excluding hydrogens is 1330 g/mol. The average Bonchev–Trinajstić information content (AvgIpc) is 0.908. The van der Waals surface area contributed by atoms with Crippen molar-refractivity contribution in [2.24, 2.45) is 0 Å². The highest BCUT2D eigenvalue weighted by Crippen LogP contribution is 2.45. The van der Waals surface area contributed by atoms with Gasteiger partial charge in [-0.1, -0.05) is 263 Å². The van der Waals surface area contributed by atoms with Crippen LogP contribution < -0.4 is 0 Å². The van der Waals surface area contributed by atoms with Crippen molar-refractivity contribution in [3.63, 3.8) is 0 Å². The molecule has 0 aliphatic heterocycles. The van der Waals surface area contributed by atoms with Gasteiger partial charge in [0, 0.05) is 25.7 Å². The highest BCUT2D eigenvalue weighted by atomic mass is 31.2. The summed E-state index contributed by atoms with van der Waals surface area (Å²) < 4.78 is 68.5. The normalized spacial score (nSPS) is 14.7. The summed E-state index contributed by atoms with van der Waals surface area (Å²) in [4.78, 5) is 72.9. The SMILES string of the molecule is CC/C=C\C/C=C\C/C=C\C/C=C\C/C=C\CCCC(=O)OCC(COP(=O)(O)OCC(O)COP(=O)(O)OCC(COC(=O)CCCCCC/C=C\C/C=C\C/C=C\C/C=C\CC)OC(=O)CCCCCCC/C=C\CCCCCCCC)OC(=O)CCCCCCC/C=C\C/C=C\CCC. The first kappa shape index (κ1) is 96.9. The van der Waals surface area contributed by atoms with Crippen molar-refractivity contribution in [1.82, 2.24) is 0 Å². The Morgan fingerprint density at radius 2 is 0.539 bits per heavy atom. The number of rotatable bonds is 72. The molecule has 5 atom stereocenters. The predicted molar refractivity (Wildman–Crippen MR) is 417 cm³/mol. The van der Waals surface area contributed by atoms with E-state index in [-0.39, 0.29) is 25.7 Å². The molecular formula is C83H138O17P2. The van der Waals surface area contributed by atoms with Gasteiger partial charge in [-0.05, 0) is 154 Å². The Morgan fingerprint density at radius 3 is 0.873 bits per heavy atom. The predicted octanol–water partition coefficient (Wildman–Crippen LogP) is 22.7. The van der Waals surface area contributed by atoms with Crippen molar-refractivity contribution < 1.29 is 80.2 Å². The van der Waals surface area contributed by atoms with Crippen LogP contribution in [0.1, 0.15) is 297 Å². The topological polar surface area (TPSA) is 237 Å². The molecule has 0 aromatic carbocycles. The maximum Gasteiger partial charge on any atom is 0.472 e. The number of unbranched alkanes of at least 4 members (excludes halogenated alkanes) is 22. The second-order valence-corrected chi connectivity index (χ2v) is 28.4. The lowest BCUT2D eigenvalue weighted by Gasteiger charge is -2.21. The van der Waals surface area contributed by atoms with Gasteiger partial charge in [-0.15, -0.1) is 0 Å². The van der Waals surface area contributed by atoms with E-state index >= 15 is 0 Å². The molecule has 0 radical (unpaired) electrons. The summed E-state index contributed by atoms with van der Waals surface area (Å²) in [5, 5.41) is 10.6. The molecule has 0 saturated heterocycles. The Labute approximate surface area is 617 Å². The molecule has 102 heavy (non-hydrogen) atoms. The van der Waals surface area contributed by atoms with Crippen LogP contribution in [0.15, 0.2) is 146 Å². The zero-order chi connectivity index (χ0) is 74.6. The fraction of sp³-hybridized carbons (Fsp3) is 0.663. The number of esters is 4. The molecule has 0 aromatic rings. The first-order valence-electron chi connectivity index (χ1n) is 39.1. The van der Waals surface area contributed by atoms with E-state index in [0.717, 1.165) is 173 Å². The minimum atomic E-state index is -5.00. The molecule has 0 aliphatic rings. The van der Waals surface area contributed by atoms with E-state index in [4.69, 9.17) is 37.0 Å². The Morgan fingerprint density at radius 1 is 0.284 bits per heavy atom. The lowest BCUT2D eigenvalue weighted by Crippen LogP contribution is -2.30. The summed E-state index contributed by atoms with van der Waals surface area (Å²) >= 11 is 0. The molecule has 0 amide bonds. The molecule has 19 heteroatoms. The standard InChI is InChI=1S/C83H138O17P2/c1-5-9-13-17-21-25-29-33-36-38-41-44-47-51-55-59-63-67-80(85)93-73-78(99-82(87)69-65-61-57-53-49-43-32-28-24-20-16-12-8-4)75-97-101(89,90)95-71-77(84)72-96-102(91,92)98-76-79(100-83(88)70-66-62-58-54-50-46-40-35-31-27-23-19-15-11-7-3)74-94-81(86)68-64-60-56-52-48-45-42-39-37-34-30-26-22-18-14-10-6-2/h9-10,13-14,16,20-22,25-26,28,32-37,40-42,44-45,51,55,77-79,84H,5-8,11-12,15,17-19,23-24,27,29-31,38-39,43,46-50,52-54,56-76H2,1-4H3,(H,89,90)(H,91,92)/b13-9-,14-10-,20-16-,25-21-,26-22-,32-28-,36-33-,37-34-,40-35-,44-41-,45-42-,55-51-. The van der Waals surface area contributed by atoms with E-state index < -0.39 is 97.5 Å². The third-order valence-corrected chi connectivity index (χ3v) is 17.7. The molecule has 3 N–H and O–H groups in total. The number of phosphoric acid groups is 2. The van der Waals surface area contributed by atoms with Gasteiger partial charge < -0.3 is 33.8 Å². The molecule has 0 bridgehead atoms. The van der Waals surface area contributed by atoms with E-state index in [1.807, 2.05) is 12.2 Å². The summed E-state index contributed by atoms with van der Waals surface area (Å²) in [5.74, 6) is -2.30. The minimum absolute atomic E-state index is 0.0618. The smallest absolute Gasteiger partial charge is 0.462 e. The second-order valence-electron chi connectivity index (χ2n) is 25.5. The third kappa shape index (κ3) is 73.3. The van der Waals surface area contributed by atoms with E-state index in [0.29, 0.717) is 32.1 Å². The van der Waals surface area contributed by atoms with Gasteiger partial charge in [0.1, 0.15) is 19.3 Å². The van der Waals surface area contributed by atoms with Crippen LogP contribution in [-0.2, 0) is 65.4 Å². The Hall–Kier alpha value is -5.06. The van der Waals surface area contributed by atoms with Crippen molar-refractivity contribution >= 4 is 39.5 Å². The van der Waals surface area contributed by atoms with Crippen LogP contribution in [0.3, 0.4) is 0 Å². The zero-order valence-electron chi connectivity index (χ0n) is 63.5. The van der Waals surface area contributed by atoms with Crippen LogP contribution in [0.4, 0.5) is 0 Å². The quantitative estimate of drug-likeness (QED) is 0.0169. The summed E-state index contributed by atoms with van der Waals surface area (Å²) in [7, 11) is -9.99. The maximum absolute atomic E-state index is 13.1. The summed E-state index contributed by atoms with van der Waals surface area (Å²) in [5.41, 5.74) is 0. The van der Waals surface area contributed by atoms with E-state index in [9.17, 15) is 43.2 Å². The number of ether oxygens (including phenoxy) is 4. The third-order valence-electron chi connectivity index (χ3n) is 15.7. The largest absolute Gasteiger partial charge is 0.472 e. The number of hydrogen-bond donors (Lipinski definition) is 3. The fourth-order valence-electron chi connectivity index (χ4n) is 9.87. The number of hydrogen-bond acceptors (Lipinski definition) is 15. The van der Waals surface area contributed by atoms with Gasteiger partial charge in [0.05, 0.1) is 26.4 Å². The lowest BCUT2D eigenvalue weighted by atomic mass is 10.1. The average molecular weight is 1470 g/mol. The molecule has 0 spiro atoms. The highest BCUT2D eigenvalue weighted by Gasteiger charge is 2.30. The first-order chi connectivity index (χ1) is 49.7. The summed E-state index contributed by atoms with van der Waals surface area (Å²) in [6.45, 7) is 4.45. The number of allylic oxidation sites excluding steroid dienone is 24. The lowest BCUT2D eigenvalue weighted by molar-refractivity contribution is -0.161. The fourth-order valence-corrected chi connectivity index (χ4v) is 11.4. The van der Waals surface area contributed by atoms with E-state index in [2.05, 4.69) is 161 Å². The number of carbonyl (C=O) groups is 4. The molecule has 5 unspecified atom stereocenters. The van der Waals surface area contributed by atoms with Crippen LogP contribution >= 0.6 is 15.6 Å². The van der Waals surface area contributed by atoms with Gasteiger partial charge in [-0.3, -0.25) is 37.3 Å². The van der Waals surface area contributed by atoms with Gasteiger partial charge in [0.15, 0.2) is 12.2 Å². The monoisotopic (exact) mass is 1470 g/mol. The van der Waals surface area contributed by atoms with E-state index in [1.54, 1.807) is 0 Å². The number of carbonyl (C=O) groups excluding carboxylic acids is 4. The molecule has 0 aromatic heterocycles. The van der Waals surface area contributed by atoms with Gasteiger partial charge in [0.2, 0.25) is 0 Å². The van der Waals surface area contributed by atoms with Crippen LogP contribution in [-0.4, -0.2) is 96.7 Å². The van der Waals surface area contributed by atoms with Crippen LogP contribution in [0.2, 0.25) is 0 Å². The van der Waals surface area contributed by atoms with Gasteiger partial charge in [-0.25, -0.2) is 9.13 Å². The van der Waals surface area contributed by atoms with Crippen molar-refractivity contribution in [2.75, 3.05) is 39.6 Å². The molecule has 582 valence electrons. The van der Waals surface area contributed by atoms with Crippen LogP contribution in [0.5, 0.6) is 0 Å². The summed E-state index contributed by atoms with van der Waals surface area (Å²) in [6.07, 6.45) is 84.1. The zero-order valence-corrected chi connectivity index (χ0v) is 65.3. The Bertz CT molecular complexity index is 2510. The van der Waals surface area contributed by atoms with Crippen LogP contribution in [0, 0.1) is 0 Å². The molecule has 0 aliphatic carbocycles. The van der Waals surface area contributed by atoms with Gasteiger partial charge >= 0.3 is 39.5 Å². The maximum atomic E-state index is 13.1. The number of aliphatic hydroxyl groups excluding tert-OH is 1. The first-order valence-corrected chi connectivity index (χ1v) is 42.1. The molecule has 0 fully saturated rings. The van der Waals surface area contributed by atoms with Gasteiger partial charge in [0.25, 0.3) is 0 Å². The Balaban J connectivity index is 5.44. The molecule has 0 heterocycles. The molecule has 17 nitrogen and oxygen atoms in total. The van der Waals surface area contributed by atoms with E-state index in [1.165, 1.54) is 38.5 Å². The van der Waals surface area contributed by atoms with Crippen molar-refractivity contribution in [3.05, 3.63) is 146 Å². The minimum Gasteiger partial charge on any atom is -0.462 e. The van der Waals surface area contributed by atoms with Crippen molar-refractivity contribution in [3.8, 4) is 0 Å². The molecule has 0 rings (SSSR count). The second kappa shape index (κ2) is 74.2. The number of aliphatic hydroxyl groups is 1. The van der Waals surface area contributed by atoms with Crippen LogP contribution in [0.25, 0.3) is 0 Å². The molecule has 0 saturated carbocycles.